The van der Waals surface area contributed by atoms with Crippen molar-refractivity contribution in [3.05, 3.63) is 52.9 Å². The molecular weight excluding hydrogens is 307 g/mol. The number of fused-ring (bicyclic) bond motifs is 2. The van der Waals surface area contributed by atoms with E-state index < -0.39 is 12.7 Å². The minimum Gasteiger partial charge on any atom is -0.870 e. The van der Waals surface area contributed by atoms with Gasteiger partial charge in [0, 0.05) is 10.9 Å². The number of hydrogen-bond acceptors (Lipinski definition) is 2. The third-order valence-electron chi connectivity index (χ3n) is 3.56. The van der Waals surface area contributed by atoms with Gasteiger partial charge in [0.15, 0.2) is 0 Å². The standard InChI is InChI=1S/C17H14F3NO.H2O/c1-10-3-5-14-12(7-10)8-13-15(22-14)6-4-11(2)16(13)21-9-17(18,19)20;/h3-8H,9H2,1-2H3;1H2. The van der Waals surface area contributed by atoms with E-state index in [4.69, 9.17) is 4.42 Å². The highest BCUT2D eigenvalue weighted by Gasteiger charge is 2.31. The van der Waals surface area contributed by atoms with Crippen LogP contribution in [0.5, 0.6) is 0 Å². The molecule has 1 aromatic carbocycles. The number of nitrogens with one attached hydrogen (secondary N) is 1. The van der Waals surface area contributed by atoms with Gasteiger partial charge in [-0.3, -0.25) is 0 Å². The minimum atomic E-state index is -4.26. The van der Waals surface area contributed by atoms with E-state index in [1.807, 2.05) is 31.2 Å². The zero-order valence-electron chi connectivity index (χ0n) is 12.7. The summed E-state index contributed by atoms with van der Waals surface area (Å²) in [4.78, 5) is 2.49. The van der Waals surface area contributed by atoms with Gasteiger partial charge in [-0.05, 0) is 44.2 Å². The maximum Gasteiger partial charge on any atom is 0.448 e. The van der Waals surface area contributed by atoms with Gasteiger partial charge < -0.3 is 9.89 Å². The summed E-state index contributed by atoms with van der Waals surface area (Å²) in [6.07, 6.45) is -4.26. The molecule has 0 aromatic heterocycles. The van der Waals surface area contributed by atoms with Gasteiger partial charge in [-0.25, -0.2) is 4.99 Å². The topological polar surface area (TPSA) is 57.1 Å². The number of aryl methyl sites for hydroxylation is 2. The Balaban J connectivity index is 0.00000192. The van der Waals surface area contributed by atoms with Crippen LogP contribution in [0, 0.1) is 13.8 Å². The van der Waals surface area contributed by atoms with Crippen LogP contribution >= 0.6 is 0 Å². The lowest BCUT2D eigenvalue weighted by Gasteiger charge is -2.08. The van der Waals surface area contributed by atoms with Crippen LogP contribution in [0.2, 0.25) is 0 Å². The number of hydrogen-bond donors (Lipinski definition) is 1. The molecule has 0 saturated heterocycles. The summed E-state index contributed by atoms with van der Waals surface area (Å²) < 4.78 is 43.3. The van der Waals surface area contributed by atoms with Crippen LogP contribution in [0.3, 0.4) is 0 Å². The number of halogens is 3. The van der Waals surface area contributed by atoms with Crippen LogP contribution in [-0.2, 0) is 0 Å². The van der Waals surface area contributed by atoms with Gasteiger partial charge in [-0.2, -0.15) is 13.2 Å². The zero-order chi connectivity index (χ0) is 15.9. The predicted octanol–water partition coefficient (Wildman–Crippen LogP) is 2.52. The fourth-order valence-corrected chi connectivity index (χ4v) is 2.51. The van der Waals surface area contributed by atoms with Gasteiger partial charge in [0.2, 0.25) is 11.9 Å². The Hall–Kier alpha value is -2.34. The Morgan fingerprint density at radius 2 is 1.78 bits per heavy atom. The van der Waals surface area contributed by atoms with Gasteiger partial charge in [-0.1, -0.05) is 11.6 Å². The first-order chi connectivity index (χ1) is 10.3. The number of alkyl halides is 3. The van der Waals surface area contributed by atoms with E-state index >= 15 is 0 Å². The monoisotopic (exact) mass is 323 g/mol. The quantitative estimate of drug-likeness (QED) is 0.700. The number of benzene rings is 2. The molecule has 2 aliphatic rings. The summed E-state index contributed by atoms with van der Waals surface area (Å²) in [6, 6.07) is 11.2. The largest absolute Gasteiger partial charge is 0.870 e. The lowest BCUT2D eigenvalue weighted by molar-refractivity contribution is -0.536. The Bertz CT molecular complexity index is 881. The molecule has 1 aromatic rings. The van der Waals surface area contributed by atoms with Crippen LogP contribution in [-0.4, -0.2) is 18.2 Å². The smallest absolute Gasteiger partial charge is 0.448 e. The molecule has 23 heavy (non-hydrogen) atoms. The first kappa shape index (κ1) is 17.0. The van der Waals surface area contributed by atoms with E-state index in [9.17, 15) is 13.2 Å². The molecule has 122 valence electrons. The highest BCUT2D eigenvalue weighted by molar-refractivity contribution is 5.83. The second-order valence-electron chi connectivity index (χ2n) is 5.43. The Labute approximate surface area is 130 Å². The van der Waals surface area contributed by atoms with Crippen molar-refractivity contribution in [3.63, 3.8) is 0 Å². The molecular formula is C17H16F3NO2. The molecule has 0 unspecified atom stereocenters. The second-order valence-corrected chi connectivity index (χ2v) is 5.43. The van der Waals surface area contributed by atoms with Crippen molar-refractivity contribution in [2.24, 2.45) is 0 Å². The Kier molecular flexibility index (Phi) is 4.47. The third-order valence-corrected chi connectivity index (χ3v) is 3.56. The molecule has 3 nitrogen and oxygen atoms in total. The van der Waals surface area contributed by atoms with Crippen LogP contribution in [0.4, 0.5) is 13.2 Å². The maximum atomic E-state index is 12.5. The molecule has 2 N–H and O–H groups in total. The van der Waals surface area contributed by atoms with Crippen LogP contribution in [0.25, 0.3) is 22.3 Å². The summed E-state index contributed by atoms with van der Waals surface area (Å²) in [7, 11) is 0. The molecule has 0 spiro atoms. The van der Waals surface area contributed by atoms with E-state index in [1.54, 1.807) is 19.1 Å². The van der Waals surface area contributed by atoms with Crippen molar-refractivity contribution in [1.82, 2.24) is 0 Å². The van der Waals surface area contributed by atoms with Crippen molar-refractivity contribution < 1.29 is 28.1 Å². The lowest BCUT2D eigenvalue weighted by atomic mass is 10.0. The summed E-state index contributed by atoms with van der Waals surface area (Å²) in [5, 5.41) is 1.33. The van der Waals surface area contributed by atoms with Crippen LogP contribution < -0.4 is 10.3 Å². The van der Waals surface area contributed by atoms with Gasteiger partial charge in [0.05, 0.1) is 5.56 Å². The molecule has 0 fully saturated rings. The van der Waals surface area contributed by atoms with E-state index in [1.165, 1.54) is 0 Å². The fourth-order valence-electron chi connectivity index (χ4n) is 2.51. The molecule has 1 heterocycles. The molecule has 3 rings (SSSR count). The summed E-state index contributed by atoms with van der Waals surface area (Å²) in [6.45, 7) is 2.67. The highest BCUT2D eigenvalue weighted by atomic mass is 19.4. The van der Waals surface area contributed by atoms with Crippen molar-refractivity contribution in [2.45, 2.75) is 20.0 Å². The third kappa shape index (κ3) is 3.53. The fraction of sp³-hybridized carbons (Fsp3) is 0.235. The molecule has 0 amide bonds. The summed E-state index contributed by atoms with van der Waals surface area (Å²) >= 11 is 0. The molecule has 0 saturated carbocycles. The van der Waals surface area contributed by atoms with E-state index in [0.717, 1.165) is 16.5 Å². The zero-order valence-corrected chi connectivity index (χ0v) is 12.7. The maximum absolute atomic E-state index is 12.5. The van der Waals surface area contributed by atoms with Gasteiger partial charge >= 0.3 is 6.18 Å². The number of rotatable bonds is 1. The van der Waals surface area contributed by atoms with Crippen LogP contribution in [0.1, 0.15) is 11.1 Å². The SMILES string of the molecule is Cc1ccc2oc3ccc(C)c(=[NH+]CC(F)(F)F)c-3cc2c1.[OH-]. The Morgan fingerprint density at radius 1 is 1.04 bits per heavy atom. The van der Waals surface area contributed by atoms with E-state index in [-0.39, 0.29) is 5.48 Å². The van der Waals surface area contributed by atoms with E-state index in [2.05, 4.69) is 4.99 Å². The summed E-state index contributed by atoms with van der Waals surface area (Å²) in [5.41, 5.74) is 3.18. The highest BCUT2D eigenvalue weighted by Crippen LogP contribution is 2.26. The average Bonchev–Trinajstić information content (AvgIpc) is 2.43. The van der Waals surface area contributed by atoms with Gasteiger partial charge in [-0.15, -0.1) is 0 Å². The molecule has 0 atom stereocenters. The predicted molar refractivity (Wildman–Crippen MR) is 79.3 cm³/mol. The second kappa shape index (κ2) is 6.04. The van der Waals surface area contributed by atoms with Crippen LogP contribution in [0.15, 0.2) is 40.8 Å². The summed E-state index contributed by atoms with van der Waals surface area (Å²) in [5.74, 6) is 0.562. The minimum absolute atomic E-state index is 0. The first-order valence-corrected chi connectivity index (χ1v) is 6.91. The van der Waals surface area contributed by atoms with Gasteiger partial charge in [0.1, 0.15) is 11.3 Å². The van der Waals surface area contributed by atoms with Crippen molar-refractivity contribution in [2.75, 3.05) is 6.54 Å². The van der Waals surface area contributed by atoms with Crippen molar-refractivity contribution in [3.8, 4) is 11.3 Å². The van der Waals surface area contributed by atoms with E-state index in [0.29, 0.717) is 22.3 Å². The van der Waals surface area contributed by atoms with Crippen molar-refractivity contribution in [1.29, 1.82) is 0 Å². The molecule has 0 bridgehead atoms. The van der Waals surface area contributed by atoms with Crippen molar-refractivity contribution >= 4 is 11.0 Å². The molecule has 1 aliphatic carbocycles. The normalized spacial score (nSPS) is 12.7. The molecule has 1 aliphatic heterocycles. The molecule has 6 heteroatoms. The van der Waals surface area contributed by atoms with Gasteiger partial charge in [0.25, 0.3) is 0 Å². The average molecular weight is 323 g/mol. The molecule has 0 radical (unpaired) electrons. The lowest BCUT2D eigenvalue weighted by Crippen LogP contribution is -2.80. The Morgan fingerprint density at radius 3 is 2.48 bits per heavy atom. The first-order valence-electron chi connectivity index (χ1n) is 6.91.